The highest BCUT2D eigenvalue weighted by Crippen LogP contribution is 2.30. The number of aromatic amines is 2. The Kier molecular flexibility index (Phi) is 4.98. The standard InChI is InChI=1S/C20H16FN7O3S/c21-13-4-3-11(18-23-25-26-24-18)16-15(13)12(10-22-16)17(29)20(31)28-7-5-27(6-8-28)19(30)14-2-1-9-32-14/h1-4,9-10,22H,5-8H2,(H,23,24,25,26). The van der Waals surface area contributed by atoms with E-state index in [0.29, 0.717) is 29.0 Å². The number of Topliss-reactive ketones (excluding diaryl/α,β-unsaturated/α-hetero) is 1. The molecule has 162 valence electrons. The maximum atomic E-state index is 14.6. The predicted octanol–water partition coefficient (Wildman–Crippen LogP) is 1.72. The monoisotopic (exact) mass is 453 g/mol. The van der Waals surface area contributed by atoms with Crippen LogP contribution in [0, 0.1) is 5.82 Å². The van der Waals surface area contributed by atoms with Gasteiger partial charge in [0.05, 0.1) is 16.0 Å². The van der Waals surface area contributed by atoms with Crippen molar-refractivity contribution in [2.45, 2.75) is 0 Å². The van der Waals surface area contributed by atoms with E-state index in [1.54, 1.807) is 17.0 Å². The molecular formula is C20H16FN7O3S. The summed E-state index contributed by atoms with van der Waals surface area (Å²) in [5, 5.41) is 15.4. The minimum absolute atomic E-state index is 0.00263. The first-order valence-corrected chi connectivity index (χ1v) is 10.6. The van der Waals surface area contributed by atoms with Crippen molar-refractivity contribution in [1.29, 1.82) is 0 Å². The van der Waals surface area contributed by atoms with Gasteiger partial charge in [-0.15, -0.1) is 21.5 Å². The van der Waals surface area contributed by atoms with E-state index in [9.17, 15) is 18.8 Å². The van der Waals surface area contributed by atoms with Crippen LogP contribution in [0.5, 0.6) is 0 Å². The first-order valence-electron chi connectivity index (χ1n) is 9.74. The van der Waals surface area contributed by atoms with E-state index in [1.165, 1.54) is 34.6 Å². The van der Waals surface area contributed by atoms with Gasteiger partial charge in [0.2, 0.25) is 5.82 Å². The van der Waals surface area contributed by atoms with Crippen molar-refractivity contribution in [3.05, 3.63) is 52.1 Å². The SMILES string of the molecule is O=C(C(=O)N1CCN(C(=O)c2cccs2)CC1)c1c[nH]c2c(-c3nn[nH]n3)ccc(F)c12. The van der Waals surface area contributed by atoms with Crippen LogP contribution in [0.3, 0.4) is 0 Å². The van der Waals surface area contributed by atoms with Crippen molar-refractivity contribution in [2.24, 2.45) is 0 Å². The second-order valence-electron chi connectivity index (χ2n) is 7.17. The average Bonchev–Trinajstić information content (AvgIpc) is 3.60. The molecule has 2 amide bonds. The van der Waals surface area contributed by atoms with Crippen molar-refractivity contribution < 1.29 is 18.8 Å². The zero-order chi connectivity index (χ0) is 22.2. The molecule has 4 aromatic rings. The van der Waals surface area contributed by atoms with Gasteiger partial charge in [0.15, 0.2) is 0 Å². The number of fused-ring (bicyclic) bond motifs is 1. The number of ketones is 1. The number of hydrogen-bond donors (Lipinski definition) is 2. The van der Waals surface area contributed by atoms with Crippen LogP contribution in [0.25, 0.3) is 22.3 Å². The third kappa shape index (κ3) is 3.34. The molecule has 1 fully saturated rings. The van der Waals surface area contributed by atoms with E-state index >= 15 is 0 Å². The minimum atomic E-state index is -0.821. The predicted molar refractivity (Wildman–Crippen MR) is 113 cm³/mol. The zero-order valence-electron chi connectivity index (χ0n) is 16.5. The normalized spacial score (nSPS) is 14.2. The quantitative estimate of drug-likeness (QED) is 0.358. The summed E-state index contributed by atoms with van der Waals surface area (Å²) in [6.07, 6.45) is 1.31. The summed E-state index contributed by atoms with van der Waals surface area (Å²) in [6, 6.07) is 6.22. The van der Waals surface area contributed by atoms with Gasteiger partial charge in [0.25, 0.3) is 17.6 Å². The molecule has 0 aliphatic carbocycles. The molecule has 32 heavy (non-hydrogen) atoms. The Morgan fingerprint density at radius 2 is 1.84 bits per heavy atom. The van der Waals surface area contributed by atoms with Crippen molar-refractivity contribution in [2.75, 3.05) is 26.2 Å². The van der Waals surface area contributed by atoms with Crippen LogP contribution in [0.1, 0.15) is 20.0 Å². The highest BCUT2D eigenvalue weighted by Gasteiger charge is 2.31. The number of amides is 2. The lowest BCUT2D eigenvalue weighted by atomic mass is 10.0. The Balaban J connectivity index is 1.35. The number of tetrazole rings is 1. The van der Waals surface area contributed by atoms with Crippen molar-refractivity contribution in [3.63, 3.8) is 0 Å². The summed E-state index contributed by atoms with van der Waals surface area (Å²) in [6.45, 7) is 1.08. The molecule has 0 atom stereocenters. The number of carbonyl (C=O) groups is 3. The van der Waals surface area contributed by atoms with Crippen LogP contribution in [0.2, 0.25) is 0 Å². The summed E-state index contributed by atoms with van der Waals surface area (Å²) >= 11 is 1.36. The Morgan fingerprint density at radius 1 is 1.06 bits per heavy atom. The lowest BCUT2D eigenvalue weighted by molar-refractivity contribution is -0.127. The van der Waals surface area contributed by atoms with Gasteiger partial charge in [0.1, 0.15) is 5.82 Å². The van der Waals surface area contributed by atoms with E-state index < -0.39 is 17.5 Å². The fourth-order valence-corrected chi connectivity index (χ4v) is 4.47. The van der Waals surface area contributed by atoms with E-state index in [2.05, 4.69) is 25.6 Å². The number of rotatable bonds is 4. The number of aromatic nitrogens is 5. The Morgan fingerprint density at radius 3 is 2.53 bits per heavy atom. The smallest absolute Gasteiger partial charge is 0.295 e. The van der Waals surface area contributed by atoms with Crippen molar-refractivity contribution in [3.8, 4) is 11.4 Å². The van der Waals surface area contributed by atoms with Gasteiger partial charge in [-0.1, -0.05) is 6.07 Å². The molecule has 2 N–H and O–H groups in total. The largest absolute Gasteiger partial charge is 0.360 e. The molecule has 0 bridgehead atoms. The Labute approximate surface area is 184 Å². The highest BCUT2D eigenvalue weighted by molar-refractivity contribution is 7.12. The first kappa shape index (κ1) is 20.0. The molecular weight excluding hydrogens is 437 g/mol. The summed E-state index contributed by atoms with van der Waals surface area (Å²) in [7, 11) is 0. The molecule has 0 radical (unpaired) electrons. The number of carbonyl (C=O) groups excluding carboxylic acids is 3. The molecule has 10 nitrogen and oxygen atoms in total. The molecule has 1 aromatic carbocycles. The van der Waals surface area contributed by atoms with E-state index in [-0.39, 0.29) is 35.8 Å². The lowest BCUT2D eigenvalue weighted by Crippen LogP contribution is -2.52. The maximum Gasteiger partial charge on any atom is 0.295 e. The van der Waals surface area contributed by atoms with Gasteiger partial charge in [0, 0.05) is 43.3 Å². The van der Waals surface area contributed by atoms with E-state index in [0.717, 1.165) is 0 Å². The second kappa shape index (κ2) is 7.96. The van der Waals surface area contributed by atoms with Crippen molar-refractivity contribution >= 4 is 39.8 Å². The summed E-state index contributed by atoms with van der Waals surface area (Å²) in [5.74, 6) is -2.06. The number of benzene rings is 1. The van der Waals surface area contributed by atoms with Gasteiger partial charge in [-0.05, 0) is 28.8 Å². The van der Waals surface area contributed by atoms with Gasteiger partial charge in [-0.25, -0.2) is 4.39 Å². The zero-order valence-corrected chi connectivity index (χ0v) is 17.4. The first-order chi connectivity index (χ1) is 15.5. The second-order valence-corrected chi connectivity index (χ2v) is 8.12. The third-order valence-corrected chi connectivity index (χ3v) is 6.25. The third-order valence-electron chi connectivity index (χ3n) is 5.40. The van der Waals surface area contributed by atoms with Gasteiger partial charge in [-0.3, -0.25) is 14.4 Å². The average molecular weight is 453 g/mol. The molecule has 0 spiro atoms. The van der Waals surface area contributed by atoms with Crippen LogP contribution < -0.4 is 0 Å². The molecule has 0 unspecified atom stereocenters. The van der Waals surface area contributed by atoms with Crippen LogP contribution >= 0.6 is 11.3 Å². The topological polar surface area (TPSA) is 128 Å². The molecule has 3 aromatic heterocycles. The number of H-pyrrole nitrogens is 2. The fraction of sp³-hybridized carbons (Fsp3) is 0.200. The number of thiophene rings is 1. The minimum Gasteiger partial charge on any atom is -0.360 e. The summed E-state index contributed by atoms with van der Waals surface area (Å²) < 4.78 is 14.6. The number of piperazine rings is 1. The van der Waals surface area contributed by atoms with Crippen LogP contribution in [-0.2, 0) is 4.79 Å². The van der Waals surface area contributed by atoms with Crippen molar-refractivity contribution in [1.82, 2.24) is 35.4 Å². The number of nitrogens with zero attached hydrogens (tertiary/aromatic N) is 5. The van der Waals surface area contributed by atoms with Crippen LogP contribution in [0.15, 0.2) is 35.8 Å². The van der Waals surface area contributed by atoms with Gasteiger partial charge >= 0.3 is 0 Å². The van der Waals surface area contributed by atoms with E-state index in [4.69, 9.17) is 0 Å². The molecule has 0 saturated carbocycles. The van der Waals surface area contributed by atoms with Crippen LogP contribution in [-0.4, -0.2) is 79.2 Å². The summed E-state index contributed by atoms with van der Waals surface area (Å²) in [4.78, 5) is 44.8. The number of nitrogens with one attached hydrogen (secondary N) is 2. The molecule has 1 aliphatic rings. The molecule has 1 saturated heterocycles. The maximum absolute atomic E-state index is 14.6. The highest BCUT2D eigenvalue weighted by atomic mass is 32.1. The Bertz CT molecular complexity index is 1310. The summed E-state index contributed by atoms with van der Waals surface area (Å²) in [5.41, 5.74) is 0.682. The number of halogens is 1. The van der Waals surface area contributed by atoms with E-state index in [1.807, 2.05) is 5.38 Å². The number of hydrogen-bond acceptors (Lipinski definition) is 7. The van der Waals surface area contributed by atoms with Gasteiger partial charge < -0.3 is 14.8 Å². The lowest BCUT2D eigenvalue weighted by Gasteiger charge is -2.34. The van der Waals surface area contributed by atoms with Crippen LogP contribution in [0.4, 0.5) is 4.39 Å². The Hall–Kier alpha value is -3.93. The molecule has 1 aliphatic heterocycles. The van der Waals surface area contributed by atoms with Gasteiger partial charge in [-0.2, -0.15) is 5.21 Å². The molecule has 4 heterocycles. The molecule has 5 rings (SSSR count). The fourth-order valence-electron chi connectivity index (χ4n) is 3.78. The molecule has 12 heteroatoms.